The number of aliphatic hydroxyl groups excluding tert-OH is 1. The molecule has 0 spiro atoms. The molecule has 6 atom stereocenters. The van der Waals surface area contributed by atoms with Crippen LogP contribution in [-0.4, -0.2) is 60.0 Å². The predicted molar refractivity (Wildman–Crippen MR) is 79.4 cm³/mol. The molecule has 3 aliphatic rings. The van der Waals surface area contributed by atoms with Gasteiger partial charge in [-0.15, -0.1) is 0 Å². The number of carbonyl (C=O) groups is 1. The molecule has 0 aliphatic carbocycles. The fourth-order valence-electron chi connectivity index (χ4n) is 4.04. The number of halogens is 1. The predicted octanol–water partition coefficient (Wildman–Crippen LogP) is -2.08. The minimum atomic E-state index is -0.593. The molecule has 5 nitrogen and oxygen atoms in total. The second-order valence-corrected chi connectivity index (χ2v) is 6.54. The number of carbonyl (C=O) groups excluding carboxylic acids is 1. The number of epoxide rings is 1. The van der Waals surface area contributed by atoms with Crippen LogP contribution in [0.1, 0.15) is 24.3 Å². The number of hydrogen-bond acceptors (Lipinski definition) is 5. The Kier molecular flexibility index (Phi) is 4.78. The van der Waals surface area contributed by atoms with E-state index in [1.807, 2.05) is 30.3 Å². The van der Waals surface area contributed by atoms with E-state index in [-0.39, 0.29) is 35.7 Å². The summed E-state index contributed by atoms with van der Waals surface area (Å²) >= 11 is 0. The fourth-order valence-corrected chi connectivity index (χ4v) is 4.04. The Morgan fingerprint density at radius 1 is 1.30 bits per heavy atom. The van der Waals surface area contributed by atoms with Crippen molar-refractivity contribution in [3.63, 3.8) is 0 Å². The highest BCUT2D eigenvalue weighted by atomic mass is 79.9. The van der Waals surface area contributed by atoms with E-state index in [0.717, 1.165) is 18.4 Å². The van der Waals surface area contributed by atoms with Crippen molar-refractivity contribution >= 4 is 5.97 Å². The van der Waals surface area contributed by atoms with Crippen LogP contribution in [0.15, 0.2) is 30.3 Å². The summed E-state index contributed by atoms with van der Waals surface area (Å²) in [7, 11) is 2.13. The van der Waals surface area contributed by atoms with Crippen molar-refractivity contribution in [2.75, 3.05) is 13.7 Å². The van der Waals surface area contributed by atoms with Gasteiger partial charge in [0.15, 0.2) is 0 Å². The maximum absolute atomic E-state index is 12.4. The molecule has 23 heavy (non-hydrogen) atoms. The number of ether oxygens (including phenoxy) is 2. The van der Waals surface area contributed by atoms with Crippen LogP contribution in [0.4, 0.5) is 0 Å². The van der Waals surface area contributed by atoms with E-state index in [4.69, 9.17) is 9.47 Å². The number of benzene rings is 1. The molecule has 3 aliphatic heterocycles. The summed E-state index contributed by atoms with van der Waals surface area (Å²) in [6, 6.07) is 10.1. The second-order valence-electron chi connectivity index (χ2n) is 6.54. The highest BCUT2D eigenvalue weighted by Crippen LogP contribution is 2.48. The molecule has 6 heteroatoms. The first-order valence-corrected chi connectivity index (χ1v) is 7.92. The topological polar surface area (TPSA) is 62.3 Å². The van der Waals surface area contributed by atoms with Gasteiger partial charge in [-0.3, -0.25) is 9.69 Å². The normalized spacial score (nSPS) is 35.8. The van der Waals surface area contributed by atoms with Gasteiger partial charge in [-0.25, -0.2) is 0 Å². The zero-order valence-electron chi connectivity index (χ0n) is 13.0. The van der Waals surface area contributed by atoms with E-state index in [1.54, 1.807) is 0 Å². The summed E-state index contributed by atoms with van der Waals surface area (Å²) in [5, 5.41) is 9.56. The van der Waals surface area contributed by atoms with Gasteiger partial charge in [0.25, 0.3) is 0 Å². The van der Waals surface area contributed by atoms with E-state index < -0.39 is 5.92 Å². The molecule has 3 heterocycles. The number of esters is 1. The van der Waals surface area contributed by atoms with Gasteiger partial charge in [-0.05, 0) is 12.6 Å². The Balaban J connectivity index is 0.00000156. The summed E-state index contributed by atoms with van der Waals surface area (Å²) in [5.74, 6) is -0.915. The third-order valence-corrected chi connectivity index (χ3v) is 5.33. The average Bonchev–Trinajstić information content (AvgIpc) is 3.27. The molecule has 1 aromatic rings. The highest BCUT2D eigenvalue weighted by Gasteiger charge is 2.62. The van der Waals surface area contributed by atoms with E-state index in [9.17, 15) is 9.90 Å². The molecule has 1 N–H and O–H groups in total. The summed E-state index contributed by atoms with van der Waals surface area (Å²) in [6.07, 6.45) is 2.26. The van der Waals surface area contributed by atoms with Crippen LogP contribution in [0.25, 0.3) is 0 Å². The number of morpholine rings is 1. The molecule has 0 aromatic heterocycles. The lowest BCUT2D eigenvalue weighted by Gasteiger charge is -2.38. The van der Waals surface area contributed by atoms with Gasteiger partial charge in [0.05, 0.1) is 6.61 Å². The van der Waals surface area contributed by atoms with Crippen LogP contribution in [0.3, 0.4) is 0 Å². The maximum atomic E-state index is 12.4. The minimum absolute atomic E-state index is 0. The lowest BCUT2D eigenvalue weighted by molar-refractivity contribution is -0.156. The van der Waals surface area contributed by atoms with Crippen LogP contribution in [-0.2, 0) is 14.3 Å². The number of piperidine rings is 1. The summed E-state index contributed by atoms with van der Waals surface area (Å²) in [5.41, 5.74) is 0.803. The van der Waals surface area contributed by atoms with Gasteiger partial charge in [0.1, 0.15) is 24.2 Å². The van der Waals surface area contributed by atoms with Crippen molar-refractivity contribution in [1.82, 2.24) is 4.90 Å². The highest BCUT2D eigenvalue weighted by molar-refractivity contribution is 5.78. The van der Waals surface area contributed by atoms with Gasteiger partial charge < -0.3 is 31.6 Å². The van der Waals surface area contributed by atoms with E-state index >= 15 is 0 Å². The molecule has 3 fully saturated rings. The van der Waals surface area contributed by atoms with Crippen molar-refractivity contribution < 1.29 is 36.4 Å². The lowest BCUT2D eigenvalue weighted by Crippen LogP contribution is -3.00. The largest absolute Gasteiger partial charge is 1.00 e. The van der Waals surface area contributed by atoms with Crippen LogP contribution in [0.2, 0.25) is 0 Å². The van der Waals surface area contributed by atoms with Crippen molar-refractivity contribution in [3.8, 4) is 0 Å². The molecule has 0 saturated carbocycles. The van der Waals surface area contributed by atoms with Crippen LogP contribution < -0.4 is 17.0 Å². The zero-order valence-corrected chi connectivity index (χ0v) is 14.6. The molecule has 1 aromatic carbocycles. The number of hydrogen-bond donors (Lipinski definition) is 1. The van der Waals surface area contributed by atoms with E-state index in [1.165, 1.54) is 0 Å². The quantitative estimate of drug-likeness (QED) is 0.478. The van der Waals surface area contributed by atoms with Crippen LogP contribution in [0, 0.1) is 0 Å². The van der Waals surface area contributed by atoms with Crippen LogP contribution in [0.5, 0.6) is 0 Å². The standard InChI is InChI=1S/C17H21NO4.BrH/c1-18-13-7-11(8-14(18)16-15(13)22-16)21-17(20)12(9-19)10-5-3-2-4-6-10;/h2-6,11-16,19H,7-9H2,1H3;1H/p-1/t11?,12-,13+,14+,15-,16+;/m1./s1. The zero-order chi connectivity index (χ0) is 15.3. The Hall–Kier alpha value is -0.950. The van der Waals surface area contributed by atoms with E-state index in [2.05, 4.69) is 11.9 Å². The Bertz CT molecular complexity index is 551. The molecule has 0 amide bonds. The minimum Gasteiger partial charge on any atom is -1.00 e. The number of rotatable bonds is 4. The molecular formula is C17H21BrNO4-. The third-order valence-electron chi connectivity index (χ3n) is 5.33. The average molecular weight is 383 g/mol. The summed E-state index contributed by atoms with van der Waals surface area (Å²) in [4.78, 5) is 14.8. The number of fused-ring (bicyclic) bond motifs is 5. The van der Waals surface area contributed by atoms with Gasteiger partial charge in [-0.1, -0.05) is 30.3 Å². The number of likely N-dealkylation sites (N-methyl/N-ethyl adjacent to an activating group) is 1. The van der Waals surface area contributed by atoms with Gasteiger partial charge in [0, 0.05) is 24.9 Å². The molecule has 126 valence electrons. The summed E-state index contributed by atoms with van der Waals surface area (Å²) < 4.78 is 11.4. The smallest absolute Gasteiger partial charge is 0.316 e. The first-order valence-electron chi connectivity index (χ1n) is 7.92. The fraction of sp³-hybridized carbons (Fsp3) is 0.588. The van der Waals surface area contributed by atoms with Crippen molar-refractivity contribution in [1.29, 1.82) is 0 Å². The Morgan fingerprint density at radius 2 is 1.91 bits per heavy atom. The maximum Gasteiger partial charge on any atom is 0.316 e. The number of nitrogens with zero attached hydrogens (tertiary/aromatic N) is 1. The van der Waals surface area contributed by atoms with Crippen molar-refractivity contribution in [2.45, 2.75) is 49.2 Å². The first kappa shape index (κ1) is 16.9. The first-order chi connectivity index (χ1) is 10.7. The molecule has 0 radical (unpaired) electrons. The molecule has 1 unspecified atom stereocenters. The molecule has 2 bridgehead atoms. The van der Waals surface area contributed by atoms with E-state index in [0.29, 0.717) is 24.3 Å². The molecule has 4 rings (SSSR count). The van der Waals surface area contributed by atoms with Crippen molar-refractivity contribution in [3.05, 3.63) is 35.9 Å². The second kappa shape index (κ2) is 6.51. The molecular weight excluding hydrogens is 362 g/mol. The monoisotopic (exact) mass is 382 g/mol. The van der Waals surface area contributed by atoms with Gasteiger partial charge in [-0.2, -0.15) is 0 Å². The number of aliphatic hydroxyl groups is 1. The Morgan fingerprint density at radius 3 is 2.48 bits per heavy atom. The van der Waals surface area contributed by atoms with Gasteiger partial charge in [0.2, 0.25) is 0 Å². The SMILES string of the molecule is CN1[C@H]2CC(OC(=O)[C@H](CO)c3ccccc3)C[C@H]1[C@H]1O[C@H]12.[Br-]. The summed E-state index contributed by atoms with van der Waals surface area (Å²) in [6.45, 7) is -0.226. The third kappa shape index (κ3) is 2.93. The lowest BCUT2D eigenvalue weighted by atomic mass is 9.97. The van der Waals surface area contributed by atoms with Crippen molar-refractivity contribution in [2.24, 2.45) is 0 Å². The molecule has 3 saturated heterocycles. The van der Waals surface area contributed by atoms with Crippen LogP contribution >= 0.6 is 0 Å². The van der Waals surface area contributed by atoms with Gasteiger partial charge >= 0.3 is 5.97 Å². The Labute approximate surface area is 146 Å².